The van der Waals surface area contributed by atoms with E-state index in [1.54, 1.807) is 19.1 Å². The highest BCUT2D eigenvalue weighted by Crippen LogP contribution is 2.17. The Morgan fingerprint density at radius 2 is 1.97 bits per heavy atom. The predicted octanol–water partition coefficient (Wildman–Crippen LogP) is 5.13. The fourth-order valence-electron chi connectivity index (χ4n) is 3.16. The summed E-state index contributed by atoms with van der Waals surface area (Å²) in [6.45, 7) is 8.75. The molecule has 0 saturated heterocycles. The first-order valence-corrected chi connectivity index (χ1v) is 10.7. The Hall–Kier alpha value is -3.00. The number of anilines is 1. The van der Waals surface area contributed by atoms with Crippen LogP contribution in [0.3, 0.4) is 0 Å². The molecule has 2 aromatic carbocycles. The van der Waals surface area contributed by atoms with Gasteiger partial charge in [-0.15, -0.1) is 0 Å². The topological polar surface area (TPSA) is 71.3 Å². The zero-order chi connectivity index (χ0) is 22.5. The standard InChI is InChI=1S/C23H25BrFN5O/c1-5-30-16(4)20(15(3)29-30)13-26-23(27-19-8-6-7-18(24)12-19)28-22(31)17-10-9-14(2)21(25)11-17/h6-12H,5,13H2,1-4H3,(H2,26,27,28,31). The van der Waals surface area contributed by atoms with Gasteiger partial charge in [-0.1, -0.05) is 28.1 Å². The van der Waals surface area contributed by atoms with Crippen molar-refractivity contribution in [1.29, 1.82) is 0 Å². The van der Waals surface area contributed by atoms with Crippen LogP contribution in [0.5, 0.6) is 0 Å². The molecule has 0 saturated carbocycles. The van der Waals surface area contributed by atoms with Crippen molar-refractivity contribution < 1.29 is 9.18 Å². The van der Waals surface area contributed by atoms with Gasteiger partial charge >= 0.3 is 0 Å². The molecule has 0 unspecified atom stereocenters. The van der Waals surface area contributed by atoms with Gasteiger partial charge in [-0.3, -0.25) is 14.8 Å². The van der Waals surface area contributed by atoms with Gasteiger partial charge in [0, 0.05) is 33.5 Å². The number of carbonyl (C=O) groups excluding carboxylic acids is 1. The molecule has 8 heteroatoms. The first-order valence-electron chi connectivity index (χ1n) is 9.96. The van der Waals surface area contributed by atoms with E-state index in [0.29, 0.717) is 12.1 Å². The highest BCUT2D eigenvalue weighted by Gasteiger charge is 2.14. The Balaban J connectivity index is 1.88. The number of halogens is 2. The molecule has 0 aliphatic carbocycles. The van der Waals surface area contributed by atoms with Crippen molar-refractivity contribution in [2.24, 2.45) is 4.99 Å². The molecule has 3 aromatic rings. The van der Waals surface area contributed by atoms with Gasteiger partial charge in [-0.25, -0.2) is 9.38 Å². The maximum absolute atomic E-state index is 13.9. The molecular weight excluding hydrogens is 461 g/mol. The van der Waals surface area contributed by atoms with Crippen LogP contribution in [0.1, 0.15) is 39.8 Å². The van der Waals surface area contributed by atoms with Crippen LogP contribution >= 0.6 is 15.9 Å². The smallest absolute Gasteiger partial charge is 0.258 e. The van der Waals surface area contributed by atoms with Gasteiger partial charge in [0.2, 0.25) is 5.96 Å². The number of hydrogen-bond acceptors (Lipinski definition) is 3. The average Bonchev–Trinajstić information content (AvgIpc) is 3.01. The van der Waals surface area contributed by atoms with Gasteiger partial charge in [-0.2, -0.15) is 5.10 Å². The van der Waals surface area contributed by atoms with E-state index in [-0.39, 0.29) is 11.5 Å². The van der Waals surface area contributed by atoms with Crippen LogP contribution in [0.2, 0.25) is 0 Å². The second kappa shape index (κ2) is 9.87. The lowest BCUT2D eigenvalue weighted by molar-refractivity contribution is 0.0976. The molecule has 0 atom stereocenters. The number of hydrogen-bond donors (Lipinski definition) is 2. The maximum atomic E-state index is 13.9. The van der Waals surface area contributed by atoms with Gasteiger partial charge in [0.15, 0.2) is 0 Å². The Morgan fingerprint density at radius 1 is 1.19 bits per heavy atom. The number of rotatable bonds is 5. The Bertz CT molecular complexity index is 1140. The van der Waals surface area contributed by atoms with Crippen LogP contribution in [0.4, 0.5) is 10.1 Å². The van der Waals surface area contributed by atoms with E-state index in [4.69, 9.17) is 0 Å². The summed E-state index contributed by atoms with van der Waals surface area (Å²) in [5, 5.41) is 10.4. The van der Waals surface area contributed by atoms with Crippen LogP contribution in [-0.2, 0) is 13.1 Å². The number of nitrogens with zero attached hydrogens (tertiary/aromatic N) is 3. The molecule has 0 fully saturated rings. The molecule has 162 valence electrons. The molecule has 0 bridgehead atoms. The summed E-state index contributed by atoms with van der Waals surface area (Å²) in [5.74, 6) is -0.603. The van der Waals surface area contributed by atoms with Crippen molar-refractivity contribution in [2.45, 2.75) is 40.8 Å². The van der Waals surface area contributed by atoms with E-state index in [1.165, 1.54) is 6.07 Å². The zero-order valence-corrected chi connectivity index (χ0v) is 19.5. The molecule has 1 heterocycles. The number of benzene rings is 2. The normalized spacial score (nSPS) is 11.5. The minimum atomic E-state index is -0.446. The van der Waals surface area contributed by atoms with E-state index in [0.717, 1.165) is 33.7 Å². The molecule has 1 aromatic heterocycles. The fourth-order valence-corrected chi connectivity index (χ4v) is 3.56. The van der Waals surface area contributed by atoms with Crippen molar-refractivity contribution in [2.75, 3.05) is 5.32 Å². The molecular formula is C23H25BrFN5O. The molecule has 0 spiro atoms. The van der Waals surface area contributed by atoms with E-state index in [1.807, 2.05) is 49.7 Å². The van der Waals surface area contributed by atoms with E-state index >= 15 is 0 Å². The highest BCUT2D eigenvalue weighted by molar-refractivity contribution is 9.10. The number of aryl methyl sites for hydroxylation is 3. The quantitative estimate of drug-likeness (QED) is 0.388. The first kappa shape index (κ1) is 22.7. The monoisotopic (exact) mass is 485 g/mol. The van der Waals surface area contributed by atoms with Crippen LogP contribution < -0.4 is 10.6 Å². The summed E-state index contributed by atoms with van der Waals surface area (Å²) in [6, 6.07) is 11.9. The van der Waals surface area contributed by atoms with Crippen molar-refractivity contribution in [1.82, 2.24) is 15.1 Å². The van der Waals surface area contributed by atoms with Crippen LogP contribution in [0.25, 0.3) is 0 Å². The minimum Gasteiger partial charge on any atom is -0.326 e. The Labute approximate surface area is 189 Å². The minimum absolute atomic E-state index is 0.220. The van der Waals surface area contributed by atoms with Crippen molar-refractivity contribution in [3.8, 4) is 0 Å². The van der Waals surface area contributed by atoms with Crippen molar-refractivity contribution >= 4 is 33.5 Å². The Kier molecular flexibility index (Phi) is 7.22. The third-order valence-electron chi connectivity index (χ3n) is 4.98. The molecule has 6 nitrogen and oxygen atoms in total. The number of carbonyl (C=O) groups is 1. The highest BCUT2D eigenvalue weighted by atomic mass is 79.9. The summed E-state index contributed by atoms with van der Waals surface area (Å²) in [4.78, 5) is 17.4. The number of aliphatic imine (C=N–C) groups is 1. The molecule has 3 rings (SSSR count). The largest absolute Gasteiger partial charge is 0.326 e. The summed E-state index contributed by atoms with van der Waals surface area (Å²) in [7, 11) is 0. The molecule has 2 N–H and O–H groups in total. The number of aromatic nitrogens is 2. The molecule has 0 radical (unpaired) electrons. The van der Waals surface area contributed by atoms with Gasteiger partial charge in [-0.05, 0) is 63.6 Å². The van der Waals surface area contributed by atoms with E-state index < -0.39 is 11.7 Å². The molecule has 1 amide bonds. The average molecular weight is 486 g/mol. The third-order valence-corrected chi connectivity index (χ3v) is 5.47. The van der Waals surface area contributed by atoms with Gasteiger partial charge in [0.25, 0.3) is 5.91 Å². The van der Waals surface area contributed by atoms with Gasteiger partial charge in [0.05, 0.1) is 12.2 Å². The van der Waals surface area contributed by atoms with E-state index in [9.17, 15) is 9.18 Å². The van der Waals surface area contributed by atoms with Crippen LogP contribution in [0.15, 0.2) is 51.9 Å². The lowest BCUT2D eigenvalue weighted by atomic mass is 10.1. The summed E-state index contributed by atoms with van der Waals surface area (Å²) < 4.78 is 16.7. The lowest BCUT2D eigenvalue weighted by Gasteiger charge is -2.13. The fraction of sp³-hybridized carbons (Fsp3) is 0.261. The number of amides is 1. The maximum Gasteiger partial charge on any atom is 0.258 e. The summed E-state index contributed by atoms with van der Waals surface area (Å²) >= 11 is 3.44. The first-order chi connectivity index (χ1) is 14.8. The van der Waals surface area contributed by atoms with Crippen LogP contribution in [0, 0.1) is 26.6 Å². The predicted molar refractivity (Wildman–Crippen MR) is 125 cm³/mol. The van der Waals surface area contributed by atoms with Crippen molar-refractivity contribution in [3.63, 3.8) is 0 Å². The number of guanidine groups is 1. The lowest BCUT2D eigenvalue weighted by Crippen LogP contribution is -2.36. The SMILES string of the molecule is CCn1nc(C)c(CN=C(NC(=O)c2ccc(C)c(F)c2)Nc2cccc(Br)c2)c1C. The third kappa shape index (κ3) is 5.58. The van der Waals surface area contributed by atoms with Crippen LogP contribution in [-0.4, -0.2) is 21.6 Å². The summed E-state index contributed by atoms with van der Waals surface area (Å²) in [5.41, 5.74) is 4.40. The molecule has 0 aliphatic heterocycles. The van der Waals surface area contributed by atoms with Gasteiger partial charge in [0.1, 0.15) is 5.82 Å². The molecule has 31 heavy (non-hydrogen) atoms. The van der Waals surface area contributed by atoms with Crippen molar-refractivity contribution in [3.05, 3.63) is 80.8 Å². The summed E-state index contributed by atoms with van der Waals surface area (Å²) in [6.07, 6.45) is 0. The second-order valence-electron chi connectivity index (χ2n) is 7.18. The second-order valence-corrected chi connectivity index (χ2v) is 8.10. The number of nitrogens with one attached hydrogen (secondary N) is 2. The Morgan fingerprint density at radius 3 is 2.61 bits per heavy atom. The molecule has 0 aliphatic rings. The zero-order valence-electron chi connectivity index (χ0n) is 18.0. The van der Waals surface area contributed by atoms with Gasteiger partial charge < -0.3 is 5.32 Å². The van der Waals surface area contributed by atoms with E-state index in [2.05, 4.69) is 36.7 Å².